The second-order valence-electron chi connectivity index (χ2n) is 4.32. The molecule has 0 unspecified atom stereocenters. The molecule has 1 amide bonds. The first kappa shape index (κ1) is 10.9. The predicted octanol–water partition coefficient (Wildman–Crippen LogP) is -0.156. The van der Waals surface area contributed by atoms with Crippen LogP contribution in [0.3, 0.4) is 0 Å². The SMILES string of the molecule is NCC1(CNC(=O)c2cccc(=O)[nH]2)CC1. The molecule has 86 valence electrons. The Morgan fingerprint density at radius 2 is 2.25 bits per heavy atom. The molecule has 0 atom stereocenters. The van der Waals surface area contributed by atoms with Crippen molar-refractivity contribution in [2.45, 2.75) is 12.8 Å². The van der Waals surface area contributed by atoms with Crippen molar-refractivity contribution in [1.29, 1.82) is 0 Å². The molecule has 0 aliphatic heterocycles. The third kappa shape index (κ3) is 2.30. The highest BCUT2D eigenvalue weighted by Gasteiger charge is 2.41. The number of nitrogens with one attached hydrogen (secondary N) is 2. The normalized spacial score (nSPS) is 16.8. The van der Waals surface area contributed by atoms with Crippen molar-refractivity contribution in [3.05, 3.63) is 34.2 Å². The van der Waals surface area contributed by atoms with Gasteiger partial charge in [-0.05, 0) is 25.5 Å². The van der Waals surface area contributed by atoms with Gasteiger partial charge in [0.25, 0.3) is 5.91 Å². The maximum Gasteiger partial charge on any atom is 0.267 e. The number of aromatic amines is 1. The van der Waals surface area contributed by atoms with Crippen molar-refractivity contribution >= 4 is 5.91 Å². The molecule has 4 N–H and O–H groups in total. The van der Waals surface area contributed by atoms with E-state index in [1.54, 1.807) is 12.1 Å². The standard InChI is InChI=1S/C11H15N3O2/c12-6-11(4-5-11)7-13-10(16)8-2-1-3-9(15)14-8/h1-3H,4-7,12H2,(H,13,16)(H,14,15). The average molecular weight is 221 g/mol. The third-order valence-corrected chi connectivity index (χ3v) is 3.03. The minimum absolute atomic E-state index is 0.102. The summed E-state index contributed by atoms with van der Waals surface area (Å²) in [6, 6.07) is 4.52. The minimum atomic E-state index is -0.271. The van der Waals surface area contributed by atoms with Gasteiger partial charge in [0.1, 0.15) is 5.69 Å². The lowest BCUT2D eigenvalue weighted by atomic mass is 10.1. The van der Waals surface area contributed by atoms with Crippen LogP contribution in [0.4, 0.5) is 0 Å². The molecule has 0 spiro atoms. The number of amides is 1. The van der Waals surface area contributed by atoms with E-state index in [9.17, 15) is 9.59 Å². The summed E-state index contributed by atoms with van der Waals surface area (Å²) in [5.41, 5.74) is 5.73. The van der Waals surface area contributed by atoms with Crippen LogP contribution >= 0.6 is 0 Å². The zero-order valence-corrected chi connectivity index (χ0v) is 8.95. The summed E-state index contributed by atoms with van der Waals surface area (Å²) in [5.74, 6) is -0.252. The molecule has 1 saturated carbocycles. The van der Waals surface area contributed by atoms with E-state index in [1.165, 1.54) is 6.07 Å². The van der Waals surface area contributed by atoms with E-state index < -0.39 is 0 Å². The number of hydrogen-bond donors (Lipinski definition) is 3. The second-order valence-corrected chi connectivity index (χ2v) is 4.32. The zero-order chi connectivity index (χ0) is 11.6. The van der Waals surface area contributed by atoms with Crippen molar-refractivity contribution in [3.8, 4) is 0 Å². The Morgan fingerprint density at radius 1 is 1.50 bits per heavy atom. The van der Waals surface area contributed by atoms with Gasteiger partial charge in [-0.2, -0.15) is 0 Å². The molecule has 1 heterocycles. The number of carbonyl (C=O) groups is 1. The topological polar surface area (TPSA) is 88.0 Å². The van der Waals surface area contributed by atoms with Crippen LogP contribution in [0.2, 0.25) is 0 Å². The Morgan fingerprint density at radius 3 is 2.81 bits per heavy atom. The second kappa shape index (κ2) is 4.09. The molecule has 1 aliphatic carbocycles. The molecular formula is C11H15N3O2. The first-order valence-electron chi connectivity index (χ1n) is 5.33. The van der Waals surface area contributed by atoms with Gasteiger partial charge in [0, 0.05) is 18.0 Å². The van der Waals surface area contributed by atoms with E-state index in [4.69, 9.17) is 5.73 Å². The number of aromatic nitrogens is 1. The van der Waals surface area contributed by atoms with Crippen LogP contribution < -0.4 is 16.6 Å². The van der Waals surface area contributed by atoms with Crippen LogP contribution in [-0.4, -0.2) is 24.0 Å². The highest BCUT2D eigenvalue weighted by Crippen LogP contribution is 2.43. The average Bonchev–Trinajstić information content (AvgIpc) is 3.07. The van der Waals surface area contributed by atoms with Gasteiger partial charge in [-0.1, -0.05) is 6.07 Å². The zero-order valence-electron chi connectivity index (χ0n) is 8.95. The molecule has 5 nitrogen and oxygen atoms in total. The number of hydrogen-bond acceptors (Lipinski definition) is 3. The Bertz CT molecular complexity index is 449. The Labute approximate surface area is 93.0 Å². The van der Waals surface area contributed by atoms with E-state index >= 15 is 0 Å². The molecule has 0 aromatic carbocycles. The van der Waals surface area contributed by atoms with E-state index in [2.05, 4.69) is 10.3 Å². The van der Waals surface area contributed by atoms with E-state index in [1.807, 2.05) is 0 Å². The number of pyridine rings is 1. The highest BCUT2D eigenvalue weighted by molar-refractivity contribution is 5.92. The molecule has 5 heteroatoms. The van der Waals surface area contributed by atoms with Crippen molar-refractivity contribution in [2.24, 2.45) is 11.1 Å². The van der Waals surface area contributed by atoms with Crippen LogP contribution in [0.1, 0.15) is 23.3 Å². The van der Waals surface area contributed by atoms with Crippen molar-refractivity contribution in [1.82, 2.24) is 10.3 Å². The third-order valence-electron chi connectivity index (χ3n) is 3.03. The maximum atomic E-state index is 11.7. The minimum Gasteiger partial charge on any atom is -0.350 e. The quantitative estimate of drug-likeness (QED) is 0.660. The van der Waals surface area contributed by atoms with Crippen LogP contribution in [0, 0.1) is 5.41 Å². The van der Waals surface area contributed by atoms with E-state index in [0.29, 0.717) is 18.8 Å². The molecule has 0 radical (unpaired) electrons. The first-order chi connectivity index (χ1) is 7.65. The summed E-state index contributed by atoms with van der Waals surface area (Å²) < 4.78 is 0. The Balaban J connectivity index is 1.96. The smallest absolute Gasteiger partial charge is 0.267 e. The number of rotatable bonds is 4. The van der Waals surface area contributed by atoms with Crippen LogP contribution in [0.25, 0.3) is 0 Å². The summed E-state index contributed by atoms with van der Waals surface area (Å²) in [7, 11) is 0. The summed E-state index contributed by atoms with van der Waals surface area (Å²) in [6.07, 6.45) is 2.13. The lowest BCUT2D eigenvalue weighted by Gasteiger charge is -2.12. The van der Waals surface area contributed by atoms with Gasteiger partial charge < -0.3 is 16.0 Å². The molecule has 0 bridgehead atoms. The highest BCUT2D eigenvalue weighted by atomic mass is 16.2. The molecule has 1 fully saturated rings. The summed E-state index contributed by atoms with van der Waals surface area (Å²) in [6.45, 7) is 1.18. The monoisotopic (exact) mass is 221 g/mol. The molecule has 2 rings (SSSR count). The lowest BCUT2D eigenvalue weighted by molar-refractivity contribution is 0.0940. The first-order valence-corrected chi connectivity index (χ1v) is 5.33. The van der Waals surface area contributed by atoms with E-state index in [-0.39, 0.29) is 16.9 Å². The van der Waals surface area contributed by atoms with Gasteiger partial charge in [-0.25, -0.2) is 0 Å². The van der Waals surface area contributed by atoms with Gasteiger partial charge in [-0.3, -0.25) is 9.59 Å². The van der Waals surface area contributed by atoms with Crippen molar-refractivity contribution in [2.75, 3.05) is 13.1 Å². The fourth-order valence-electron chi connectivity index (χ4n) is 1.57. The largest absolute Gasteiger partial charge is 0.350 e. The number of carbonyl (C=O) groups excluding carboxylic acids is 1. The summed E-state index contributed by atoms with van der Waals surface area (Å²) in [5, 5.41) is 2.79. The fourth-order valence-corrected chi connectivity index (χ4v) is 1.57. The summed E-state index contributed by atoms with van der Waals surface area (Å²) >= 11 is 0. The van der Waals surface area contributed by atoms with Gasteiger partial charge >= 0.3 is 0 Å². The van der Waals surface area contributed by atoms with Crippen LogP contribution in [0.15, 0.2) is 23.0 Å². The van der Waals surface area contributed by atoms with Crippen LogP contribution in [0.5, 0.6) is 0 Å². The van der Waals surface area contributed by atoms with Gasteiger partial charge in [0.15, 0.2) is 0 Å². The molecular weight excluding hydrogens is 206 g/mol. The molecule has 16 heavy (non-hydrogen) atoms. The van der Waals surface area contributed by atoms with Crippen LogP contribution in [-0.2, 0) is 0 Å². The van der Waals surface area contributed by atoms with Gasteiger partial charge in [-0.15, -0.1) is 0 Å². The van der Waals surface area contributed by atoms with Gasteiger partial charge in [0.05, 0.1) is 0 Å². The van der Waals surface area contributed by atoms with E-state index in [0.717, 1.165) is 12.8 Å². The summed E-state index contributed by atoms with van der Waals surface area (Å²) in [4.78, 5) is 25.2. The Kier molecular flexibility index (Phi) is 2.78. The van der Waals surface area contributed by atoms with Crippen molar-refractivity contribution in [3.63, 3.8) is 0 Å². The molecule has 1 aliphatic rings. The number of H-pyrrole nitrogens is 1. The maximum absolute atomic E-state index is 11.7. The molecule has 1 aromatic rings. The molecule has 0 saturated heterocycles. The lowest BCUT2D eigenvalue weighted by Crippen LogP contribution is -2.34. The van der Waals surface area contributed by atoms with Crippen molar-refractivity contribution < 1.29 is 4.79 Å². The Hall–Kier alpha value is -1.62. The number of nitrogens with two attached hydrogens (primary N) is 1. The fraction of sp³-hybridized carbons (Fsp3) is 0.455. The van der Waals surface area contributed by atoms with Gasteiger partial charge in [0.2, 0.25) is 5.56 Å². The molecule has 1 aromatic heterocycles. The predicted molar refractivity (Wildman–Crippen MR) is 60.1 cm³/mol.